The molecule has 0 saturated heterocycles. The summed E-state index contributed by atoms with van der Waals surface area (Å²) in [6.45, 7) is 3.85. The number of carbonyl (C=O) groups is 1. The molecule has 4 nitrogen and oxygen atoms in total. The summed E-state index contributed by atoms with van der Waals surface area (Å²) in [6.07, 6.45) is 0. The number of fused-ring (bicyclic) bond motifs is 1. The lowest BCUT2D eigenvalue weighted by Crippen LogP contribution is -2.29. The minimum atomic E-state index is -0.142. The standard InChI is InChI=1S/C17H17N3OS/c1-10(2)19-16(21)15-14(18)12-8-9-13(20-17(12)22-15)11-6-4-3-5-7-11/h3-10H,18H2,1-2H3,(H,19,21). The van der Waals surface area contributed by atoms with Crippen molar-refractivity contribution in [1.29, 1.82) is 0 Å². The summed E-state index contributed by atoms with van der Waals surface area (Å²) in [4.78, 5) is 18.2. The predicted octanol–water partition coefficient (Wildman–Crippen LogP) is 3.68. The van der Waals surface area contributed by atoms with Crippen LogP contribution in [0.1, 0.15) is 23.5 Å². The van der Waals surface area contributed by atoms with Crippen molar-refractivity contribution in [2.24, 2.45) is 0 Å². The maximum atomic E-state index is 12.2. The molecule has 0 spiro atoms. The highest BCUT2D eigenvalue weighted by molar-refractivity contribution is 7.21. The zero-order valence-electron chi connectivity index (χ0n) is 12.5. The van der Waals surface area contributed by atoms with Gasteiger partial charge in [0.25, 0.3) is 5.91 Å². The first kappa shape index (κ1) is 14.5. The molecule has 0 unspecified atom stereocenters. The average molecular weight is 311 g/mol. The van der Waals surface area contributed by atoms with Gasteiger partial charge in [0, 0.05) is 17.0 Å². The molecule has 0 aliphatic heterocycles. The number of pyridine rings is 1. The summed E-state index contributed by atoms with van der Waals surface area (Å²) in [5, 5.41) is 3.70. The zero-order valence-corrected chi connectivity index (χ0v) is 13.3. The number of rotatable bonds is 3. The van der Waals surface area contributed by atoms with Crippen LogP contribution in [-0.2, 0) is 0 Å². The third-order valence-electron chi connectivity index (χ3n) is 3.29. The first-order valence-electron chi connectivity index (χ1n) is 7.11. The quantitative estimate of drug-likeness (QED) is 0.775. The number of nitrogens with two attached hydrogens (primary N) is 1. The van der Waals surface area contributed by atoms with Gasteiger partial charge in [-0.1, -0.05) is 30.3 Å². The third kappa shape index (κ3) is 2.67. The lowest BCUT2D eigenvalue weighted by Gasteiger charge is -2.06. The molecule has 3 aromatic rings. The predicted molar refractivity (Wildman–Crippen MR) is 92.1 cm³/mol. The van der Waals surface area contributed by atoms with Gasteiger partial charge in [-0.2, -0.15) is 0 Å². The van der Waals surface area contributed by atoms with E-state index in [9.17, 15) is 4.79 Å². The van der Waals surface area contributed by atoms with Gasteiger partial charge in [0.15, 0.2) is 0 Å². The normalized spacial score (nSPS) is 11.0. The van der Waals surface area contributed by atoms with Crippen molar-refractivity contribution in [3.05, 3.63) is 47.3 Å². The summed E-state index contributed by atoms with van der Waals surface area (Å²) in [7, 11) is 0. The minimum Gasteiger partial charge on any atom is -0.397 e. The second-order valence-electron chi connectivity index (χ2n) is 5.39. The molecule has 0 aliphatic rings. The molecular weight excluding hydrogens is 294 g/mol. The molecule has 112 valence electrons. The van der Waals surface area contributed by atoms with Crippen LogP contribution in [0.4, 0.5) is 5.69 Å². The van der Waals surface area contributed by atoms with Crippen LogP contribution in [-0.4, -0.2) is 16.9 Å². The fourth-order valence-electron chi connectivity index (χ4n) is 2.26. The van der Waals surface area contributed by atoms with Gasteiger partial charge in [-0.15, -0.1) is 11.3 Å². The molecule has 0 radical (unpaired) electrons. The Bertz CT molecular complexity index is 825. The van der Waals surface area contributed by atoms with Gasteiger partial charge in [0.05, 0.1) is 11.4 Å². The van der Waals surface area contributed by atoms with E-state index in [-0.39, 0.29) is 11.9 Å². The smallest absolute Gasteiger partial charge is 0.263 e. The molecular formula is C17H17N3OS. The molecule has 5 heteroatoms. The second-order valence-corrected chi connectivity index (χ2v) is 6.39. The monoisotopic (exact) mass is 311 g/mol. The van der Waals surface area contributed by atoms with Crippen molar-refractivity contribution in [2.45, 2.75) is 19.9 Å². The van der Waals surface area contributed by atoms with Gasteiger partial charge in [0.1, 0.15) is 9.71 Å². The Morgan fingerprint density at radius 2 is 1.91 bits per heavy atom. The molecule has 3 rings (SSSR count). The van der Waals surface area contributed by atoms with Crippen LogP contribution >= 0.6 is 11.3 Å². The molecule has 0 atom stereocenters. The highest BCUT2D eigenvalue weighted by Gasteiger charge is 2.18. The number of amides is 1. The molecule has 1 amide bonds. The van der Waals surface area contributed by atoms with E-state index in [2.05, 4.69) is 10.3 Å². The van der Waals surface area contributed by atoms with E-state index < -0.39 is 0 Å². The number of hydrogen-bond donors (Lipinski definition) is 2. The number of anilines is 1. The van der Waals surface area contributed by atoms with Crippen molar-refractivity contribution < 1.29 is 4.79 Å². The van der Waals surface area contributed by atoms with Crippen LogP contribution in [0.25, 0.3) is 21.5 Å². The Labute approximate surface area is 133 Å². The van der Waals surface area contributed by atoms with E-state index in [0.29, 0.717) is 10.6 Å². The molecule has 2 aromatic heterocycles. The Morgan fingerprint density at radius 3 is 2.59 bits per heavy atom. The summed E-state index contributed by atoms with van der Waals surface area (Å²) in [5.41, 5.74) is 8.54. The highest BCUT2D eigenvalue weighted by atomic mass is 32.1. The molecule has 0 bridgehead atoms. The van der Waals surface area contributed by atoms with Gasteiger partial charge in [-0.3, -0.25) is 4.79 Å². The molecule has 0 saturated carbocycles. The van der Waals surface area contributed by atoms with E-state index in [1.165, 1.54) is 11.3 Å². The number of nitrogen functional groups attached to an aromatic ring is 1. The molecule has 3 N–H and O–H groups in total. The van der Waals surface area contributed by atoms with Crippen molar-refractivity contribution in [1.82, 2.24) is 10.3 Å². The Kier molecular flexibility index (Phi) is 3.81. The number of carbonyl (C=O) groups excluding carboxylic acids is 1. The Morgan fingerprint density at radius 1 is 1.18 bits per heavy atom. The third-order valence-corrected chi connectivity index (χ3v) is 4.40. The maximum Gasteiger partial charge on any atom is 0.263 e. The number of hydrogen-bond acceptors (Lipinski definition) is 4. The van der Waals surface area contributed by atoms with Crippen LogP contribution in [0.2, 0.25) is 0 Å². The lowest BCUT2D eigenvalue weighted by molar-refractivity contribution is 0.0948. The summed E-state index contributed by atoms with van der Waals surface area (Å²) in [5.74, 6) is -0.142. The Hall–Kier alpha value is -2.40. The van der Waals surface area contributed by atoms with Crippen molar-refractivity contribution in [2.75, 3.05) is 5.73 Å². The maximum absolute atomic E-state index is 12.2. The van der Waals surface area contributed by atoms with E-state index in [1.807, 2.05) is 56.3 Å². The molecule has 22 heavy (non-hydrogen) atoms. The van der Waals surface area contributed by atoms with Crippen LogP contribution < -0.4 is 11.1 Å². The van der Waals surface area contributed by atoms with Crippen LogP contribution in [0, 0.1) is 0 Å². The Balaban J connectivity index is 2.05. The number of thiophene rings is 1. The molecule has 0 fully saturated rings. The largest absolute Gasteiger partial charge is 0.397 e. The highest BCUT2D eigenvalue weighted by Crippen LogP contribution is 2.34. The first-order valence-corrected chi connectivity index (χ1v) is 7.93. The molecule has 0 aliphatic carbocycles. The van der Waals surface area contributed by atoms with Crippen molar-refractivity contribution in [3.8, 4) is 11.3 Å². The zero-order chi connectivity index (χ0) is 15.7. The number of nitrogens with one attached hydrogen (secondary N) is 1. The topological polar surface area (TPSA) is 68.0 Å². The van der Waals surface area contributed by atoms with Gasteiger partial charge in [0.2, 0.25) is 0 Å². The second kappa shape index (κ2) is 5.77. The molecule has 2 heterocycles. The fraction of sp³-hybridized carbons (Fsp3) is 0.176. The fourth-order valence-corrected chi connectivity index (χ4v) is 3.26. The van der Waals surface area contributed by atoms with Crippen molar-refractivity contribution >= 4 is 33.1 Å². The SMILES string of the molecule is CC(C)NC(=O)c1sc2nc(-c3ccccc3)ccc2c1N. The van der Waals surface area contributed by atoms with Crippen LogP contribution in [0.3, 0.4) is 0 Å². The van der Waals surface area contributed by atoms with E-state index in [0.717, 1.165) is 21.5 Å². The summed E-state index contributed by atoms with van der Waals surface area (Å²) in [6, 6.07) is 13.9. The van der Waals surface area contributed by atoms with Gasteiger partial charge in [-0.25, -0.2) is 4.98 Å². The minimum absolute atomic E-state index is 0.0740. The molecule has 1 aromatic carbocycles. The number of nitrogens with zero attached hydrogens (tertiary/aromatic N) is 1. The van der Waals surface area contributed by atoms with Crippen molar-refractivity contribution in [3.63, 3.8) is 0 Å². The number of benzene rings is 1. The average Bonchev–Trinajstić information content (AvgIpc) is 2.84. The summed E-state index contributed by atoms with van der Waals surface area (Å²) >= 11 is 1.33. The van der Waals surface area contributed by atoms with E-state index in [1.54, 1.807) is 0 Å². The lowest BCUT2D eigenvalue weighted by atomic mass is 10.1. The van der Waals surface area contributed by atoms with Gasteiger partial charge < -0.3 is 11.1 Å². The van der Waals surface area contributed by atoms with Crippen LogP contribution in [0.5, 0.6) is 0 Å². The van der Waals surface area contributed by atoms with E-state index >= 15 is 0 Å². The van der Waals surface area contributed by atoms with E-state index in [4.69, 9.17) is 5.73 Å². The van der Waals surface area contributed by atoms with Crippen LogP contribution in [0.15, 0.2) is 42.5 Å². The number of aromatic nitrogens is 1. The summed E-state index contributed by atoms with van der Waals surface area (Å²) < 4.78 is 0. The van der Waals surface area contributed by atoms with Gasteiger partial charge in [-0.05, 0) is 26.0 Å². The van der Waals surface area contributed by atoms with Gasteiger partial charge >= 0.3 is 0 Å². The first-order chi connectivity index (χ1) is 10.6.